The number of nitrogens with zero attached hydrogens (tertiary/aromatic N) is 3. The number of hydrogen-bond donors (Lipinski definition) is 2. The predicted molar refractivity (Wildman–Crippen MR) is 124 cm³/mol. The molecule has 10 heteroatoms. The third-order valence-corrected chi connectivity index (χ3v) is 6.83. The molecule has 1 fully saturated rings. The highest BCUT2D eigenvalue weighted by atomic mass is 19.4. The van der Waals surface area contributed by atoms with Crippen molar-refractivity contribution < 1.29 is 22.0 Å². The van der Waals surface area contributed by atoms with Gasteiger partial charge in [-0.2, -0.15) is 23.4 Å². The van der Waals surface area contributed by atoms with Crippen molar-refractivity contribution in [3.8, 4) is 6.07 Å². The molecule has 0 saturated heterocycles. The Balaban J connectivity index is 1.71. The van der Waals surface area contributed by atoms with Crippen LogP contribution in [0.5, 0.6) is 0 Å². The molecule has 0 amide bonds. The van der Waals surface area contributed by atoms with Crippen LogP contribution in [0.25, 0.3) is 0 Å². The Morgan fingerprint density at radius 1 is 1.11 bits per heavy atom. The summed E-state index contributed by atoms with van der Waals surface area (Å²) in [5.74, 6) is -2.22. The average Bonchev–Trinajstić information content (AvgIpc) is 2.75. The fourth-order valence-corrected chi connectivity index (χ4v) is 4.33. The number of benzene rings is 1. The largest absolute Gasteiger partial charge is 0.416 e. The van der Waals surface area contributed by atoms with Crippen LogP contribution < -0.4 is 10.6 Å². The van der Waals surface area contributed by atoms with Crippen molar-refractivity contribution in [3.63, 3.8) is 0 Å². The highest BCUT2D eigenvalue weighted by Gasteiger charge is 2.35. The molecule has 1 aromatic carbocycles. The first-order valence-electron chi connectivity index (χ1n) is 11.6. The van der Waals surface area contributed by atoms with Gasteiger partial charge < -0.3 is 10.6 Å². The Bertz CT molecular complexity index is 1050. The maximum Gasteiger partial charge on any atom is 0.416 e. The van der Waals surface area contributed by atoms with Gasteiger partial charge in [-0.25, -0.2) is 13.8 Å². The summed E-state index contributed by atoms with van der Waals surface area (Å²) in [4.78, 5) is 8.50. The van der Waals surface area contributed by atoms with Gasteiger partial charge in [0.1, 0.15) is 17.5 Å². The topological polar surface area (TPSA) is 73.6 Å². The van der Waals surface area contributed by atoms with Crippen LogP contribution in [0.1, 0.15) is 69.2 Å². The summed E-state index contributed by atoms with van der Waals surface area (Å²) in [5, 5.41) is 15.7. The molecule has 5 nitrogen and oxygen atoms in total. The first-order valence-corrected chi connectivity index (χ1v) is 11.6. The molecule has 1 heterocycles. The maximum absolute atomic E-state index is 13.7. The molecule has 0 bridgehead atoms. The van der Waals surface area contributed by atoms with Crippen molar-refractivity contribution in [2.75, 3.05) is 17.2 Å². The summed E-state index contributed by atoms with van der Waals surface area (Å²) in [5.41, 5.74) is -1.24. The SMILES string of the molecule is C[C@H]1CC[C@@H](Nc2nc(NCCc3cc(C(C)(F)F)cc(C(F)(F)F)c3)ncc2C#N)CC1(C)C. The van der Waals surface area contributed by atoms with Crippen molar-refractivity contribution >= 4 is 11.8 Å². The van der Waals surface area contributed by atoms with E-state index in [1.807, 2.05) is 0 Å². The van der Waals surface area contributed by atoms with Crippen LogP contribution >= 0.6 is 0 Å². The molecule has 2 atom stereocenters. The molecule has 2 aromatic rings. The van der Waals surface area contributed by atoms with Crippen molar-refractivity contribution in [2.24, 2.45) is 11.3 Å². The van der Waals surface area contributed by atoms with Gasteiger partial charge in [0.15, 0.2) is 0 Å². The molecule has 35 heavy (non-hydrogen) atoms. The van der Waals surface area contributed by atoms with Gasteiger partial charge in [-0.15, -0.1) is 0 Å². The molecule has 1 aliphatic rings. The van der Waals surface area contributed by atoms with Crippen LogP contribution in [0.4, 0.5) is 33.7 Å². The minimum Gasteiger partial charge on any atom is -0.366 e. The number of anilines is 2. The second-order valence-corrected chi connectivity index (χ2v) is 10.1. The van der Waals surface area contributed by atoms with Crippen LogP contribution in [-0.2, 0) is 18.5 Å². The van der Waals surface area contributed by atoms with E-state index in [1.165, 1.54) is 6.20 Å². The Morgan fingerprint density at radius 3 is 2.40 bits per heavy atom. The van der Waals surface area contributed by atoms with E-state index in [0.717, 1.165) is 31.4 Å². The van der Waals surface area contributed by atoms with E-state index >= 15 is 0 Å². The van der Waals surface area contributed by atoms with Gasteiger partial charge in [-0.05, 0) is 60.8 Å². The van der Waals surface area contributed by atoms with Crippen LogP contribution in [0.3, 0.4) is 0 Å². The number of halogens is 5. The molecular formula is C25H30F5N5. The van der Waals surface area contributed by atoms with Gasteiger partial charge in [0, 0.05) is 25.1 Å². The van der Waals surface area contributed by atoms with Gasteiger partial charge in [-0.3, -0.25) is 0 Å². The van der Waals surface area contributed by atoms with Gasteiger partial charge in [0.2, 0.25) is 5.95 Å². The van der Waals surface area contributed by atoms with Crippen LogP contribution in [-0.4, -0.2) is 22.6 Å². The first kappa shape index (κ1) is 26.6. The fraction of sp³-hybridized carbons (Fsp3) is 0.560. The molecular weight excluding hydrogens is 465 g/mol. The van der Waals surface area contributed by atoms with Crippen LogP contribution in [0.15, 0.2) is 24.4 Å². The fourth-order valence-electron chi connectivity index (χ4n) is 4.33. The second-order valence-electron chi connectivity index (χ2n) is 10.1. The zero-order chi connectivity index (χ0) is 26.0. The molecule has 3 rings (SSSR count). The zero-order valence-electron chi connectivity index (χ0n) is 20.2. The van der Waals surface area contributed by atoms with Gasteiger partial charge in [0.25, 0.3) is 5.92 Å². The molecule has 1 saturated carbocycles. The lowest BCUT2D eigenvalue weighted by molar-refractivity contribution is -0.137. The zero-order valence-corrected chi connectivity index (χ0v) is 20.2. The summed E-state index contributed by atoms with van der Waals surface area (Å²) >= 11 is 0. The molecule has 190 valence electrons. The van der Waals surface area contributed by atoms with Crippen molar-refractivity contribution in [2.45, 2.75) is 71.5 Å². The lowest BCUT2D eigenvalue weighted by Gasteiger charge is -2.41. The molecule has 1 aliphatic carbocycles. The van der Waals surface area contributed by atoms with E-state index in [2.05, 4.69) is 47.4 Å². The highest BCUT2D eigenvalue weighted by molar-refractivity contribution is 5.54. The summed E-state index contributed by atoms with van der Waals surface area (Å²) in [6.45, 7) is 7.36. The Morgan fingerprint density at radius 2 is 1.80 bits per heavy atom. The Kier molecular flexibility index (Phi) is 7.58. The van der Waals surface area contributed by atoms with E-state index in [4.69, 9.17) is 0 Å². The maximum atomic E-state index is 13.7. The molecule has 0 radical (unpaired) electrons. The predicted octanol–water partition coefficient (Wildman–Crippen LogP) is 6.76. The number of nitrogens with one attached hydrogen (secondary N) is 2. The van der Waals surface area contributed by atoms with Crippen molar-refractivity contribution in [3.05, 3.63) is 46.6 Å². The van der Waals surface area contributed by atoms with E-state index in [0.29, 0.717) is 30.3 Å². The molecule has 0 unspecified atom stereocenters. The molecule has 0 aliphatic heterocycles. The van der Waals surface area contributed by atoms with E-state index < -0.39 is 23.2 Å². The van der Waals surface area contributed by atoms with Crippen LogP contribution in [0, 0.1) is 22.7 Å². The lowest BCUT2D eigenvalue weighted by Crippen LogP contribution is -2.37. The molecule has 0 spiro atoms. The average molecular weight is 496 g/mol. The van der Waals surface area contributed by atoms with E-state index in [9.17, 15) is 27.2 Å². The standard InChI is InChI=1S/C25H30F5N5/c1-15-5-6-20(12-23(15,2)3)34-21-17(13-31)14-33-22(35-21)32-8-7-16-9-18(24(4,26)27)11-19(10-16)25(28,29)30/h9-11,14-15,20H,5-8,12H2,1-4H3,(H2,32,33,34,35)/t15-,20+/m0/s1. The van der Waals surface area contributed by atoms with E-state index in [1.54, 1.807) is 0 Å². The highest BCUT2D eigenvalue weighted by Crippen LogP contribution is 2.41. The summed E-state index contributed by atoms with van der Waals surface area (Å²) in [6.07, 6.45) is -0.375. The summed E-state index contributed by atoms with van der Waals surface area (Å²) in [7, 11) is 0. The van der Waals surface area contributed by atoms with E-state index in [-0.39, 0.29) is 35.9 Å². The second kappa shape index (κ2) is 9.96. The summed E-state index contributed by atoms with van der Waals surface area (Å²) in [6, 6.07) is 4.65. The smallest absolute Gasteiger partial charge is 0.366 e. The number of aromatic nitrogens is 2. The lowest BCUT2D eigenvalue weighted by atomic mass is 9.68. The third kappa shape index (κ3) is 6.80. The first-order chi connectivity index (χ1) is 16.2. The van der Waals surface area contributed by atoms with Gasteiger partial charge >= 0.3 is 6.18 Å². The number of alkyl halides is 5. The monoisotopic (exact) mass is 495 g/mol. The Hall–Kier alpha value is -2.96. The molecule has 2 N–H and O–H groups in total. The third-order valence-electron chi connectivity index (χ3n) is 6.83. The number of hydrogen-bond acceptors (Lipinski definition) is 5. The number of rotatable bonds is 7. The van der Waals surface area contributed by atoms with Gasteiger partial charge in [0.05, 0.1) is 11.8 Å². The Labute approximate surface area is 202 Å². The minimum atomic E-state index is -4.73. The quantitative estimate of drug-likeness (QED) is 0.415. The number of nitriles is 1. The molecule has 1 aromatic heterocycles. The van der Waals surface area contributed by atoms with Crippen molar-refractivity contribution in [1.29, 1.82) is 5.26 Å². The normalized spacial score (nSPS) is 20.2. The van der Waals surface area contributed by atoms with Crippen LogP contribution in [0.2, 0.25) is 0 Å². The summed E-state index contributed by atoms with van der Waals surface area (Å²) < 4.78 is 67.0. The van der Waals surface area contributed by atoms with Gasteiger partial charge in [-0.1, -0.05) is 20.8 Å². The minimum absolute atomic E-state index is 0.0494. The van der Waals surface area contributed by atoms with Crippen molar-refractivity contribution in [1.82, 2.24) is 9.97 Å².